The predicted molar refractivity (Wildman–Crippen MR) is 111 cm³/mol. The Kier molecular flexibility index (Phi) is 5.59. The third kappa shape index (κ3) is 3.64. The number of halogens is 2. The SMILES string of the molecule is Cc1cncc(-n2c(=O)c(N(N)c3cc(F)c(F)cc3N)c(C)n([C@H](C)C#N)c2=O)c1. The van der Waals surface area contributed by atoms with Gasteiger partial charge >= 0.3 is 5.69 Å². The van der Waals surface area contributed by atoms with Crippen LogP contribution in [0.2, 0.25) is 0 Å². The Balaban J connectivity index is 2.42. The lowest BCUT2D eigenvalue weighted by Crippen LogP contribution is -2.45. The number of nitrogens with zero attached hydrogens (tertiary/aromatic N) is 5. The predicted octanol–water partition coefficient (Wildman–Crippen LogP) is 1.97. The first-order chi connectivity index (χ1) is 14.6. The van der Waals surface area contributed by atoms with E-state index in [4.69, 9.17) is 11.6 Å². The summed E-state index contributed by atoms with van der Waals surface area (Å²) in [4.78, 5) is 30.5. The molecule has 0 spiro atoms. The zero-order chi connectivity index (χ0) is 23.0. The zero-order valence-corrected chi connectivity index (χ0v) is 16.9. The molecule has 0 saturated carbocycles. The molecular formula is C20H19F2N7O2. The minimum absolute atomic E-state index is 0.0487. The van der Waals surface area contributed by atoms with Gasteiger partial charge in [-0.3, -0.25) is 19.4 Å². The minimum Gasteiger partial charge on any atom is -0.397 e. The quantitative estimate of drug-likeness (QED) is 0.369. The van der Waals surface area contributed by atoms with Crippen LogP contribution in [0.1, 0.15) is 24.2 Å². The highest BCUT2D eigenvalue weighted by Crippen LogP contribution is 2.30. The molecule has 0 unspecified atom stereocenters. The van der Waals surface area contributed by atoms with E-state index in [-0.39, 0.29) is 28.4 Å². The number of hydrogen-bond donors (Lipinski definition) is 2. The minimum atomic E-state index is -1.22. The molecule has 9 nitrogen and oxygen atoms in total. The molecule has 0 fully saturated rings. The number of pyridine rings is 1. The molecule has 0 aliphatic heterocycles. The second-order valence-corrected chi connectivity index (χ2v) is 6.95. The van der Waals surface area contributed by atoms with Crippen LogP contribution < -0.4 is 27.8 Å². The molecule has 3 aromatic rings. The third-order valence-corrected chi connectivity index (χ3v) is 4.77. The molecule has 1 aromatic carbocycles. The Labute approximate surface area is 175 Å². The number of hydrazine groups is 1. The summed E-state index contributed by atoms with van der Waals surface area (Å²) in [7, 11) is 0. The van der Waals surface area contributed by atoms with Gasteiger partial charge in [-0.05, 0) is 32.4 Å². The first kappa shape index (κ1) is 21.7. The van der Waals surface area contributed by atoms with Crippen molar-refractivity contribution in [3.63, 3.8) is 0 Å². The third-order valence-electron chi connectivity index (χ3n) is 4.77. The lowest BCUT2D eigenvalue weighted by Gasteiger charge is -2.25. The molecule has 0 saturated heterocycles. The molecule has 3 rings (SSSR count). The molecule has 2 aromatic heterocycles. The summed E-state index contributed by atoms with van der Waals surface area (Å²) in [6.07, 6.45) is 2.85. The highest BCUT2D eigenvalue weighted by molar-refractivity contribution is 5.74. The standard InChI is InChI=1S/C20H19F2N7O2/c1-10-4-13(9-26-8-10)28-19(30)18(12(3)27(20(28)31)11(2)7-23)29(25)17-6-15(22)14(21)5-16(17)24/h4-6,8-9,11H,24-25H2,1-3H3/t11-/m1/s1. The van der Waals surface area contributed by atoms with Crippen molar-refractivity contribution in [3.8, 4) is 11.8 Å². The van der Waals surface area contributed by atoms with E-state index in [1.165, 1.54) is 26.2 Å². The van der Waals surface area contributed by atoms with Gasteiger partial charge in [0.2, 0.25) is 0 Å². The van der Waals surface area contributed by atoms with E-state index in [0.29, 0.717) is 5.56 Å². The van der Waals surface area contributed by atoms with Crippen LogP contribution in [0.5, 0.6) is 0 Å². The zero-order valence-electron chi connectivity index (χ0n) is 16.9. The average molecular weight is 427 g/mol. The number of anilines is 3. The fourth-order valence-electron chi connectivity index (χ4n) is 3.27. The first-order valence-electron chi connectivity index (χ1n) is 9.07. The van der Waals surface area contributed by atoms with Crippen LogP contribution in [0.15, 0.2) is 40.2 Å². The number of benzene rings is 1. The maximum absolute atomic E-state index is 13.8. The van der Waals surface area contributed by atoms with Crippen molar-refractivity contribution in [2.45, 2.75) is 26.8 Å². The van der Waals surface area contributed by atoms with Crippen molar-refractivity contribution in [1.82, 2.24) is 14.1 Å². The fraction of sp³-hybridized carbons (Fsp3) is 0.200. The van der Waals surface area contributed by atoms with E-state index in [1.54, 1.807) is 13.0 Å². The van der Waals surface area contributed by atoms with E-state index in [9.17, 15) is 23.6 Å². The van der Waals surface area contributed by atoms with Crippen molar-refractivity contribution in [3.05, 3.63) is 74.3 Å². The van der Waals surface area contributed by atoms with Crippen molar-refractivity contribution >= 4 is 17.1 Å². The second kappa shape index (κ2) is 8.00. The van der Waals surface area contributed by atoms with Gasteiger partial charge in [0, 0.05) is 18.3 Å². The summed E-state index contributed by atoms with van der Waals surface area (Å²) in [6.45, 7) is 4.61. The number of aryl methyl sites for hydroxylation is 1. The topological polar surface area (TPSA) is 136 Å². The summed E-state index contributed by atoms with van der Waals surface area (Å²) in [6, 6.07) is 4.01. The average Bonchev–Trinajstić information content (AvgIpc) is 2.70. The lowest BCUT2D eigenvalue weighted by molar-refractivity contribution is 0.509. The molecule has 4 N–H and O–H groups in total. The number of rotatable bonds is 4. The van der Waals surface area contributed by atoms with Gasteiger partial charge in [0.05, 0.1) is 35.0 Å². The Hall–Kier alpha value is -4.04. The van der Waals surface area contributed by atoms with Crippen molar-refractivity contribution in [1.29, 1.82) is 5.26 Å². The molecule has 1 atom stereocenters. The van der Waals surface area contributed by atoms with Gasteiger partial charge in [-0.1, -0.05) is 0 Å². The van der Waals surface area contributed by atoms with Crippen molar-refractivity contribution in [2.75, 3.05) is 10.7 Å². The molecule has 0 aliphatic rings. The van der Waals surface area contributed by atoms with E-state index in [1.807, 2.05) is 6.07 Å². The molecule has 11 heteroatoms. The second-order valence-electron chi connectivity index (χ2n) is 6.95. The normalized spacial score (nSPS) is 11.8. The summed E-state index contributed by atoms with van der Waals surface area (Å²) in [5, 5.41) is 10.2. The van der Waals surface area contributed by atoms with E-state index in [0.717, 1.165) is 26.3 Å². The molecule has 2 heterocycles. The Morgan fingerprint density at radius 3 is 2.42 bits per heavy atom. The van der Waals surface area contributed by atoms with Crippen LogP contribution >= 0.6 is 0 Å². The van der Waals surface area contributed by atoms with Gasteiger partial charge in [0.25, 0.3) is 5.56 Å². The molecular weight excluding hydrogens is 408 g/mol. The molecule has 0 bridgehead atoms. The summed E-state index contributed by atoms with van der Waals surface area (Å²) in [5.74, 6) is 3.71. The van der Waals surface area contributed by atoms with Crippen LogP contribution in [0.25, 0.3) is 5.69 Å². The van der Waals surface area contributed by atoms with E-state index >= 15 is 0 Å². The monoisotopic (exact) mass is 427 g/mol. The van der Waals surface area contributed by atoms with Gasteiger partial charge < -0.3 is 5.73 Å². The van der Waals surface area contributed by atoms with Crippen LogP contribution in [0, 0.1) is 36.8 Å². The first-order valence-corrected chi connectivity index (χ1v) is 9.07. The lowest BCUT2D eigenvalue weighted by atomic mass is 10.2. The van der Waals surface area contributed by atoms with Crippen molar-refractivity contribution in [2.24, 2.45) is 5.84 Å². The number of nitriles is 1. The summed E-state index contributed by atoms with van der Waals surface area (Å²) in [5.41, 5.74) is 4.38. The molecule has 31 heavy (non-hydrogen) atoms. The van der Waals surface area contributed by atoms with Gasteiger partial charge in [0.1, 0.15) is 11.7 Å². The summed E-state index contributed by atoms with van der Waals surface area (Å²) >= 11 is 0. The van der Waals surface area contributed by atoms with Crippen LogP contribution in [-0.4, -0.2) is 14.1 Å². The Morgan fingerprint density at radius 2 is 1.81 bits per heavy atom. The van der Waals surface area contributed by atoms with Crippen LogP contribution in [0.3, 0.4) is 0 Å². The molecule has 0 amide bonds. The van der Waals surface area contributed by atoms with Crippen LogP contribution in [0.4, 0.5) is 25.8 Å². The maximum Gasteiger partial charge on any atom is 0.337 e. The summed E-state index contributed by atoms with van der Waals surface area (Å²) < 4.78 is 29.2. The van der Waals surface area contributed by atoms with Gasteiger partial charge in [-0.2, -0.15) is 5.26 Å². The highest BCUT2D eigenvalue weighted by Gasteiger charge is 2.25. The number of aromatic nitrogens is 3. The molecule has 160 valence electrons. The van der Waals surface area contributed by atoms with Crippen LogP contribution in [-0.2, 0) is 0 Å². The van der Waals surface area contributed by atoms with E-state index < -0.39 is 28.9 Å². The largest absolute Gasteiger partial charge is 0.397 e. The Morgan fingerprint density at radius 1 is 1.16 bits per heavy atom. The van der Waals surface area contributed by atoms with Gasteiger partial charge in [-0.25, -0.2) is 24.0 Å². The number of nitrogens with two attached hydrogens (primary N) is 2. The van der Waals surface area contributed by atoms with Gasteiger partial charge in [-0.15, -0.1) is 0 Å². The molecule has 0 radical (unpaired) electrons. The maximum atomic E-state index is 13.8. The highest BCUT2D eigenvalue weighted by atomic mass is 19.2. The molecule has 0 aliphatic carbocycles. The van der Waals surface area contributed by atoms with Crippen molar-refractivity contribution < 1.29 is 8.78 Å². The number of hydrogen-bond acceptors (Lipinski definition) is 7. The number of nitrogen functional groups attached to an aromatic ring is 1. The van der Waals surface area contributed by atoms with Gasteiger partial charge in [0.15, 0.2) is 11.6 Å². The fourth-order valence-corrected chi connectivity index (χ4v) is 3.27. The Bertz CT molecular complexity index is 1340. The smallest absolute Gasteiger partial charge is 0.337 e. The van der Waals surface area contributed by atoms with E-state index in [2.05, 4.69) is 4.98 Å².